The summed E-state index contributed by atoms with van der Waals surface area (Å²) in [6.07, 6.45) is 1.37. The third-order valence-electron chi connectivity index (χ3n) is 3.07. The van der Waals surface area contributed by atoms with E-state index in [0.29, 0.717) is 16.9 Å². The molecule has 0 saturated heterocycles. The number of rotatable bonds is 2. The highest BCUT2D eigenvalue weighted by atomic mass is 35.5. The maximum atomic E-state index is 11.4. The summed E-state index contributed by atoms with van der Waals surface area (Å²) < 4.78 is 10.7. The van der Waals surface area contributed by atoms with Gasteiger partial charge in [-0.2, -0.15) is 5.26 Å². The van der Waals surface area contributed by atoms with Crippen LogP contribution < -0.4 is 10.4 Å². The van der Waals surface area contributed by atoms with Crippen LogP contribution in [0, 0.1) is 18.3 Å². The molecule has 0 unspecified atom stereocenters. The van der Waals surface area contributed by atoms with E-state index >= 15 is 0 Å². The molecule has 0 atom stereocenters. The van der Waals surface area contributed by atoms with Gasteiger partial charge in [0, 0.05) is 23.7 Å². The standard InChI is InChI=1S/C16H9ClN2O3/c1-9-4-15(20)22-14-6-11(2-3-12(9)14)21-16-13(17)5-10(7-18)8-19-16/h2-6,8H,1H3. The van der Waals surface area contributed by atoms with Crippen LogP contribution in [0.25, 0.3) is 11.0 Å². The average molecular weight is 313 g/mol. The summed E-state index contributed by atoms with van der Waals surface area (Å²) in [6.45, 7) is 1.83. The smallest absolute Gasteiger partial charge is 0.336 e. The summed E-state index contributed by atoms with van der Waals surface area (Å²) in [5, 5.41) is 9.83. The van der Waals surface area contributed by atoms with Gasteiger partial charge in [-0.3, -0.25) is 0 Å². The van der Waals surface area contributed by atoms with Crippen LogP contribution in [0.15, 0.2) is 45.7 Å². The van der Waals surface area contributed by atoms with Gasteiger partial charge in [0.1, 0.15) is 22.4 Å². The first-order chi connectivity index (χ1) is 10.6. The Morgan fingerprint density at radius 2 is 2.14 bits per heavy atom. The van der Waals surface area contributed by atoms with Gasteiger partial charge < -0.3 is 9.15 Å². The Bertz CT molecular complexity index is 973. The fourth-order valence-corrected chi connectivity index (χ4v) is 2.25. The van der Waals surface area contributed by atoms with Crippen molar-refractivity contribution in [2.75, 3.05) is 0 Å². The fourth-order valence-electron chi connectivity index (χ4n) is 2.04. The molecule has 0 aliphatic carbocycles. The lowest BCUT2D eigenvalue weighted by Crippen LogP contribution is -1.98. The van der Waals surface area contributed by atoms with E-state index in [-0.39, 0.29) is 10.9 Å². The number of nitriles is 1. The van der Waals surface area contributed by atoms with E-state index in [0.717, 1.165) is 10.9 Å². The monoisotopic (exact) mass is 312 g/mol. The lowest BCUT2D eigenvalue weighted by Gasteiger charge is -2.07. The molecule has 3 rings (SSSR count). The maximum absolute atomic E-state index is 11.4. The SMILES string of the molecule is Cc1cc(=O)oc2cc(Oc3ncc(C#N)cc3Cl)ccc12. The molecule has 0 amide bonds. The van der Waals surface area contributed by atoms with E-state index in [2.05, 4.69) is 4.98 Å². The number of nitrogens with zero attached hydrogens (tertiary/aromatic N) is 2. The normalized spacial score (nSPS) is 10.4. The molecule has 2 heterocycles. The molecular formula is C16H9ClN2O3. The van der Waals surface area contributed by atoms with E-state index in [1.165, 1.54) is 18.3 Å². The molecule has 108 valence electrons. The Kier molecular flexibility index (Phi) is 3.53. The zero-order chi connectivity index (χ0) is 15.7. The molecule has 22 heavy (non-hydrogen) atoms. The van der Waals surface area contributed by atoms with Gasteiger partial charge in [0.05, 0.1) is 5.56 Å². The van der Waals surface area contributed by atoms with Crippen LogP contribution in [0.4, 0.5) is 0 Å². The first-order valence-corrected chi connectivity index (χ1v) is 6.72. The number of fused-ring (bicyclic) bond motifs is 1. The Labute approximate surface area is 130 Å². The quantitative estimate of drug-likeness (QED) is 0.672. The minimum atomic E-state index is -0.420. The molecular weight excluding hydrogens is 304 g/mol. The number of aryl methyl sites for hydroxylation is 1. The predicted octanol–water partition coefficient (Wildman–Crippen LogP) is 3.81. The molecule has 5 nitrogen and oxygen atoms in total. The molecule has 0 bridgehead atoms. The van der Waals surface area contributed by atoms with Crippen molar-refractivity contribution in [2.24, 2.45) is 0 Å². The topological polar surface area (TPSA) is 76.1 Å². The first-order valence-electron chi connectivity index (χ1n) is 6.35. The van der Waals surface area contributed by atoms with E-state index in [9.17, 15) is 4.79 Å². The zero-order valence-electron chi connectivity index (χ0n) is 11.5. The number of hydrogen-bond acceptors (Lipinski definition) is 5. The Hall–Kier alpha value is -2.84. The molecule has 6 heteroatoms. The lowest BCUT2D eigenvalue weighted by molar-refractivity contribution is 0.461. The van der Waals surface area contributed by atoms with E-state index in [1.54, 1.807) is 18.2 Å². The molecule has 0 spiro atoms. The van der Waals surface area contributed by atoms with Crippen LogP contribution in [0.1, 0.15) is 11.1 Å². The minimum Gasteiger partial charge on any atom is -0.437 e. The van der Waals surface area contributed by atoms with Crippen molar-refractivity contribution in [1.82, 2.24) is 4.98 Å². The maximum Gasteiger partial charge on any atom is 0.336 e. The molecule has 2 aromatic heterocycles. The Morgan fingerprint density at radius 3 is 2.86 bits per heavy atom. The van der Waals surface area contributed by atoms with Crippen LogP contribution in [0.2, 0.25) is 5.02 Å². The molecule has 0 radical (unpaired) electrons. The average Bonchev–Trinajstić information content (AvgIpc) is 2.48. The van der Waals surface area contributed by atoms with Gasteiger partial charge >= 0.3 is 5.63 Å². The van der Waals surface area contributed by atoms with Crippen molar-refractivity contribution in [3.8, 4) is 17.7 Å². The second kappa shape index (κ2) is 5.51. The summed E-state index contributed by atoms with van der Waals surface area (Å²) in [6, 6.07) is 9.96. The van der Waals surface area contributed by atoms with Crippen LogP contribution in [0.3, 0.4) is 0 Å². The first kappa shape index (κ1) is 14.1. The summed E-state index contributed by atoms with van der Waals surface area (Å²) in [4.78, 5) is 15.4. The number of benzene rings is 1. The van der Waals surface area contributed by atoms with Gasteiger partial charge in [0.2, 0.25) is 5.88 Å². The summed E-state index contributed by atoms with van der Waals surface area (Å²) in [7, 11) is 0. The van der Waals surface area contributed by atoms with Crippen LogP contribution >= 0.6 is 11.6 Å². The minimum absolute atomic E-state index is 0.176. The summed E-state index contributed by atoms with van der Waals surface area (Å²) in [5.41, 5.74) is 1.17. The zero-order valence-corrected chi connectivity index (χ0v) is 12.2. The van der Waals surface area contributed by atoms with Gasteiger partial charge in [0.25, 0.3) is 0 Å². The number of halogens is 1. The highest BCUT2D eigenvalue weighted by molar-refractivity contribution is 6.31. The predicted molar refractivity (Wildman–Crippen MR) is 81.3 cm³/mol. The molecule has 0 aliphatic heterocycles. The third kappa shape index (κ3) is 2.65. The van der Waals surface area contributed by atoms with Crippen LogP contribution in [-0.4, -0.2) is 4.98 Å². The highest BCUT2D eigenvalue weighted by Gasteiger charge is 2.09. The van der Waals surface area contributed by atoms with Crippen molar-refractivity contribution < 1.29 is 9.15 Å². The van der Waals surface area contributed by atoms with Crippen LogP contribution in [-0.2, 0) is 0 Å². The molecule has 0 saturated carbocycles. The van der Waals surface area contributed by atoms with E-state index < -0.39 is 5.63 Å². The van der Waals surface area contributed by atoms with E-state index in [1.807, 2.05) is 13.0 Å². The highest BCUT2D eigenvalue weighted by Crippen LogP contribution is 2.29. The van der Waals surface area contributed by atoms with Crippen molar-refractivity contribution in [1.29, 1.82) is 5.26 Å². The summed E-state index contributed by atoms with van der Waals surface area (Å²) >= 11 is 6.01. The van der Waals surface area contributed by atoms with E-state index in [4.69, 9.17) is 26.0 Å². The number of hydrogen-bond donors (Lipinski definition) is 0. The van der Waals surface area contributed by atoms with Gasteiger partial charge in [0.15, 0.2) is 0 Å². The lowest BCUT2D eigenvalue weighted by atomic mass is 10.1. The van der Waals surface area contributed by atoms with Crippen molar-refractivity contribution in [3.05, 3.63) is 63.1 Å². The van der Waals surface area contributed by atoms with Crippen molar-refractivity contribution in [2.45, 2.75) is 6.92 Å². The molecule has 3 aromatic rings. The molecule has 1 aromatic carbocycles. The number of ether oxygens (including phenoxy) is 1. The van der Waals surface area contributed by atoms with Gasteiger partial charge in [-0.25, -0.2) is 9.78 Å². The van der Waals surface area contributed by atoms with Gasteiger partial charge in [-0.05, 0) is 30.7 Å². The van der Waals surface area contributed by atoms with Gasteiger partial charge in [-0.1, -0.05) is 11.6 Å². The molecule has 0 aliphatic rings. The third-order valence-corrected chi connectivity index (χ3v) is 3.34. The fraction of sp³-hybridized carbons (Fsp3) is 0.0625. The van der Waals surface area contributed by atoms with Gasteiger partial charge in [-0.15, -0.1) is 0 Å². The van der Waals surface area contributed by atoms with Crippen molar-refractivity contribution >= 4 is 22.6 Å². The number of aromatic nitrogens is 1. The van der Waals surface area contributed by atoms with Crippen molar-refractivity contribution in [3.63, 3.8) is 0 Å². The second-order valence-electron chi connectivity index (χ2n) is 4.63. The molecule has 0 fully saturated rings. The number of pyridine rings is 1. The Balaban J connectivity index is 2.01. The second-order valence-corrected chi connectivity index (χ2v) is 5.04. The summed E-state index contributed by atoms with van der Waals surface area (Å²) in [5.74, 6) is 0.607. The Morgan fingerprint density at radius 1 is 1.32 bits per heavy atom. The van der Waals surface area contributed by atoms with Crippen LogP contribution in [0.5, 0.6) is 11.6 Å². The largest absolute Gasteiger partial charge is 0.437 e. The molecule has 0 N–H and O–H groups in total.